The van der Waals surface area contributed by atoms with Gasteiger partial charge in [-0.15, -0.1) is 0 Å². The number of hydrogen-bond donors (Lipinski definition) is 1. The first kappa shape index (κ1) is 15.5. The highest BCUT2D eigenvalue weighted by atomic mass is 32.2. The second kappa shape index (κ2) is 7.23. The molecule has 1 unspecified atom stereocenters. The summed E-state index contributed by atoms with van der Waals surface area (Å²) in [6.45, 7) is 5.91. The molecule has 1 aliphatic rings. The lowest BCUT2D eigenvalue weighted by Gasteiger charge is -2.35. The van der Waals surface area contributed by atoms with E-state index in [-0.39, 0.29) is 0 Å². The summed E-state index contributed by atoms with van der Waals surface area (Å²) < 4.78 is 10.5. The van der Waals surface area contributed by atoms with E-state index < -0.39 is 0 Å². The normalized spacial score (nSPS) is 21.4. The smallest absolute Gasteiger partial charge is 0.119 e. The van der Waals surface area contributed by atoms with Gasteiger partial charge in [0, 0.05) is 24.6 Å². The molecule has 112 valence electrons. The van der Waals surface area contributed by atoms with Gasteiger partial charge in [0.15, 0.2) is 0 Å². The first-order valence-electron chi connectivity index (χ1n) is 7.15. The number of benzene rings is 1. The van der Waals surface area contributed by atoms with Crippen molar-refractivity contribution < 1.29 is 9.47 Å². The maximum absolute atomic E-state index is 5.57. The Morgan fingerprint density at radius 2 is 2.00 bits per heavy atom. The van der Waals surface area contributed by atoms with Crippen LogP contribution in [0.15, 0.2) is 24.3 Å². The summed E-state index contributed by atoms with van der Waals surface area (Å²) >= 11 is 2.04. The summed E-state index contributed by atoms with van der Waals surface area (Å²) in [7, 11) is 1.68. The Morgan fingerprint density at radius 1 is 1.25 bits per heavy atom. The maximum Gasteiger partial charge on any atom is 0.119 e. The second-order valence-corrected chi connectivity index (χ2v) is 7.12. The molecule has 2 rings (SSSR count). The van der Waals surface area contributed by atoms with Gasteiger partial charge in [0.2, 0.25) is 0 Å². The second-order valence-electron chi connectivity index (χ2n) is 6.09. The predicted molar refractivity (Wildman–Crippen MR) is 86.9 cm³/mol. The van der Waals surface area contributed by atoms with E-state index in [9.17, 15) is 0 Å². The lowest BCUT2D eigenvalue weighted by molar-refractivity contribution is 0.146. The molecule has 0 aromatic heterocycles. The Kier molecular flexibility index (Phi) is 5.61. The Labute approximate surface area is 126 Å². The third kappa shape index (κ3) is 4.91. The molecule has 1 aliphatic heterocycles. The number of anilines is 1. The minimum absolute atomic E-state index is 0.434. The number of rotatable bonds is 6. The van der Waals surface area contributed by atoms with Gasteiger partial charge in [-0.3, -0.25) is 0 Å². The molecular weight excluding hydrogens is 270 g/mol. The van der Waals surface area contributed by atoms with Gasteiger partial charge in [0.25, 0.3) is 0 Å². The van der Waals surface area contributed by atoms with Crippen LogP contribution in [0.1, 0.15) is 20.3 Å². The Bertz CT molecular complexity index is 405. The van der Waals surface area contributed by atoms with Crippen molar-refractivity contribution in [2.45, 2.75) is 26.3 Å². The standard InChI is InChI=1S/C16H25NO2S/c1-16(2)10-14(11-20-12-16)17-13-4-6-15(7-5-13)19-9-8-18-3/h4-7,14,17H,8-12H2,1-3H3. The van der Waals surface area contributed by atoms with E-state index in [0.29, 0.717) is 24.7 Å². The summed E-state index contributed by atoms with van der Waals surface area (Å²) in [5.41, 5.74) is 1.61. The molecule has 0 saturated carbocycles. The highest BCUT2D eigenvalue weighted by Gasteiger charge is 2.28. The van der Waals surface area contributed by atoms with E-state index in [0.717, 1.165) is 5.75 Å². The van der Waals surface area contributed by atoms with Crippen molar-refractivity contribution in [3.8, 4) is 5.75 Å². The molecule has 0 amide bonds. The molecule has 0 bridgehead atoms. The van der Waals surface area contributed by atoms with Crippen molar-refractivity contribution in [2.75, 3.05) is 37.1 Å². The first-order valence-corrected chi connectivity index (χ1v) is 8.31. The minimum atomic E-state index is 0.434. The average Bonchev–Trinajstić information content (AvgIpc) is 2.40. The van der Waals surface area contributed by atoms with Crippen LogP contribution in [0.5, 0.6) is 5.75 Å². The van der Waals surface area contributed by atoms with Crippen LogP contribution in [0.3, 0.4) is 0 Å². The summed E-state index contributed by atoms with van der Waals surface area (Å²) in [6.07, 6.45) is 1.23. The lowest BCUT2D eigenvalue weighted by atomic mass is 9.88. The van der Waals surface area contributed by atoms with Crippen LogP contribution in [0.25, 0.3) is 0 Å². The highest BCUT2D eigenvalue weighted by Crippen LogP contribution is 2.34. The molecular formula is C16H25NO2S. The van der Waals surface area contributed by atoms with E-state index >= 15 is 0 Å². The quantitative estimate of drug-likeness (QED) is 0.811. The minimum Gasteiger partial charge on any atom is -0.491 e. The summed E-state index contributed by atoms with van der Waals surface area (Å²) in [5, 5.41) is 3.63. The van der Waals surface area contributed by atoms with Crippen LogP contribution in [0.4, 0.5) is 5.69 Å². The molecule has 0 aliphatic carbocycles. The van der Waals surface area contributed by atoms with Crippen LogP contribution in [-0.4, -0.2) is 37.9 Å². The Morgan fingerprint density at radius 3 is 2.65 bits per heavy atom. The molecule has 1 saturated heterocycles. The fourth-order valence-electron chi connectivity index (χ4n) is 2.48. The van der Waals surface area contributed by atoms with Gasteiger partial charge >= 0.3 is 0 Å². The zero-order chi connectivity index (χ0) is 14.4. The molecule has 3 nitrogen and oxygen atoms in total. The van der Waals surface area contributed by atoms with Crippen LogP contribution >= 0.6 is 11.8 Å². The lowest BCUT2D eigenvalue weighted by Crippen LogP contribution is -2.35. The molecule has 1 atom stereocenters. The molecule has 4 heteroatoms. The third-order valence-corrected chi connectivity index (χ3v) is 5.02. The zero-order valence-electron chi connectivity index (χ0n) is 12.6. The monoisotopic (exact) mass is 295 g/mol. The van der Waals surface area contributed by atoms with Gasteiger partial charge < -0.3 is 14.8 Å². The van der Waals surface area contributed by atoms with Gasteiger partial charge in [-0.2, -0.15) is 11.8 Å². The number of thioether (sulfide) groups is 1. The van der Waals surface area contributed by atoms with Crippen molar-refractivity contribution >= 4 is 17.4 Å². The SMILES string of the molecule is COCCOc1ccc(NC2CSCC(C)(C)C2)cc1. The fraction of sp³-hybridized carbons (Fsp3) is 0.625. The van der Waals surface area contributed by atoms with Crippen LogP contribution in [0, 0.1) is 5.41 Å². The van der Waals surface area contributed by atoms with Crippen molar-refractivity contribution in [1.29, 1.82) is 0 Å². The third-order valence-electron chi connectivity index (χ3n) is 3.39. The topological polar surface area (TPSA) is 30.5 Å². The van der Waals surface area contributed by atoms with Crippen molar-refractivity contribution in [2.24, 2.45) is 5.41 Å². The van der Waals surface area contributed by atoms with Gasteiger partial charge in [-0.05, 0) is 41.9 Å². The van der Waals surface area contributed by atoms with Gasteiger partial charge in [0.05, 0.1) is 6.61 Å². The van der Waals surface area contributed by atoms with Crippen molar-refractivity contribution in [3.63, 3.8) is 0 Å². The molecule has 1 aromatic carbocycles. The molecule has 1 heterocycles. The average molecular weight is 295 g/mol. The van der Waals surface area contributed by atoms with Gasteiger partial charge in [-0.1, -0.05) is 13.8 Å². The largest absolute Gasteiger partial charge is 0.491 e. The maximum atomic E-state index is 5.57. The van der Waals surface area contributed by atoms with Crippen LogP contribution in [-0.2, 0) is 4.74 Å². The molecule has 0 radical (unpaired) electrons. The van der Waals surface area contributed by atoms with E-state index in [1.165, 1.54) is 23.6 Å². The van der Waals surface area contributed by atoms with E-state index in [1.54, 1.807) is 7.11 Å². The zero-order valence-corrected chi connectivity index (χ0v) is 13.5. The van der Waals surface area contributed by atoms with Crippen LogP contribution < -0.4 is 10.1 Å². The van der Waals surface area contributed by atoms with Crippen LogP contribution in [0.2, 0.25) is 0 Å². The molecule has 1 fully saturated rings. The highest BCUT2D eigenvalue weighted by molar-refractivity contribution is 7.99. The summed E-state index contributed by atoms with van der Waals surface area (Å²) in [5.74, 6) is 3.35. The van der Waals surface area contributed by atoms with Crippen molar-refractivity contribution in [1.82, 2.24) is 0 Å². The molecule has 0 spiro atoms. The summed E-state index contributed by atoms with van der Waals surface area (Å²) in [6, 6.07) is 8.77. The molecule has 1 N–H and O–H groups in total. The number of nitrogens with one attached hydrogen (secondary N) is 1. The van der Waals surface area contributed by atoms with E-state index in [2.05, 4.69) is 31.3 Å². The van der Waals surface area contributed by atoms with Gasteiger partial charge in [0.1, 0.15) is 12.4 Å². The van der Waals surface area contributed by atoms with Gasteiger partial charge in [-0.25, -0.2) is 0 Å². The van der Waals surface area contributed by atoms with Crippen molar-refractivity contribution in [3.05, 3.63) is 24.3 Å². The van der Waals surface area contributed by atoms with E-state index in [4.69, 9.17) is 9.47 Å². The predicted octanol–water partition coefficient (Wildman–Crippen LogP) is 3.66. The molecule has 20 heavy (non-hydrogen) atoms. The van der Waals surface area contributed by atoms with E-state index in [1.807, 2.05) is 23.9 Å². The Hall–Kier alpha value is -0.870. The number of methoxy groups -OCH3 is 1. The number of ether oxygens (including phenoxy) is 2. The molecule has 1 aromatic rings. The first-order chi connectivity index (χ1) is 9.59. The summed E-state index contributed by atoms with van der Waals surface area (Å²) in [4.78, 5) is 0. The number of hydrogen-bond acceptors (Lipinski definition) is 4. The Balaban J connectivity index is 1.84. The fourth-order valence-corrected chi connectivity index (χ4v) is 3.75.